The Balaban J connectivity index is 2.25. The first-order valence-corrected chi connectivity index (χ1v) is 4.82. The second-order valence-corrected chi connectivity index (χ2v) is 3.65. The Hall–Kier alpha value is -1.46. The first kappa shape index (κ1) is 10.1. The van der Waals surface area contributed by atoms with Gasteiger partial charge in [0.15, 0.2) is 0 Å². The predicted octanol–water partition coefficient (Wildman–Crippen LogP) is -0.362. The first-order valence-electron chi connectivity index (χ1n) is 4.82. The number of hydrogen-bond donors (Lipinski definition) is 2. The van der Waals surface area contributed by atoms with Gasteiger partial charge in [0.25, 0.3) is 0 Å². The lowest BCUT2D eigenvalue weighted by Gasteiger charge is -2.15. The van der Waals surface area contributed by atoms with E-state index in [-0.39, 0.29) is 18.6 Å². The van der Waals surface area contributed by atoms with E-state index in [1.54, 1.807) is 23.2 Å². The van der Waals surface area contributed by atoms with Crippen LogP contribution in [-0.4, -0.2) is 28.6 Å². The highest BCUT2D eigenvalue weighted by Gasteiger charge is 2.28. The third kappa shape index (κ3) is 1.98. The van der Waals surface area contributed by atoms with Crippen LogP contribution >= 0.6 is 0 Å². The summed E-state index contributed by atoms with van der Waals surface area (Å²) in [5, 5.41) is 8.97. The molecule has 1 amide bonds. The lowest BCUT2D eigenvalue weighted by Crippen LogP contribution is -2.28. The fourth-order valence-corrected chi connectivity index (χ4v) is 1.66. The van der Waals surface area contributed by atoms with Gasteiger partial charge >= 0.3 is 0 Å². The zero-order valence-corrected chi connectivity index (χ0v) is 8.26. The average molecular weight is 207 g/mol. The highest BCUT2D eigenvalue weighted by molar-refractivity contribution is 5.95. The van der Waals surface area contributed by atoms with E-state index in [1.807, 2.05) is 0 Å². The van der Waals surface area contributed by atoms with Crippen LogP contribution < -0.4 is 10.6 Å². The van der Waals surface area contributed by atoms with Gasteiger partial charge in [0, 0.05) is 25.2 Å². The van der Waals surface area contributed by atoms with Crippen molar-refractivity contribution >= 4 is 11.7 Å². The number of amides is 1. The summed E-state index contributed by atoms with van der Waals surface area (Å²) >= 11 is 0. The van der Waals surface area contributed by atoms with E-state index in [9.17, 15) is 4.79 Å². The van der Waals surface area contributed by atoms with E-state index < -0.39 is 0 Å². The smallest absolute Gasteiger partial charge is 0.229 e. The number of nitrogens with two attached hydrogens (primary N) is 1. The molecule has 0 aliphatic carbocycles. The summed E-state index contributed by atoms with van der Waals surface area (Å²) in [6.07, 6.45) is 1.95. The van der Waals surface area contributed by atoms with Crippen LogP contribution in [0.15, 0.2) is 18.3 Å². The molecule has 1 aromatic rings. The van der Waals surface area contributed by atoms with E-state index in [1.165, 1.54) is 0 Å². The maximum Gasteiger partial charge on any atom is 0.229 e. The highest BCUT2D eigenvalue weighted by Crippen LogP contribution is 2.19. The van der Waals surface area contributed by atoms with Crippen LogP contribution in [0, 0.1) is 0 Å². The largest absolute Gasteiger partial charge is 0.392 e. The third-order valence-electron chi connectivity index (χ3n) is 2.42. The number of anilines is 1. The molecular weight excluding hydrogens is 194 g/mol. The van der Waals surface area contributed by atoms with E-state index in [2.05, 4.69) is 4.98 Å². The van der Waals surface area contributed by atoms with Crippen LogP contribution in [0.4, 0.5) is 5.82 Å². The molecule has 5 heteroatoms. The summed E-state index contributed by atoms with van der Waals surface area (Å²) in [7, 11) is 0. The molecule has 2 rings (SSSR count). The van der Waals surface area contributed by atoms with Gasteiger partial charge < -0.3 is 10.8 Å². The molecule has 80 valence electrons. The zero-order chi connectivity index (χ0) is 10.8. The second kappa shape index (κ2) is 3.96. The van der Waals surface area contributed by atoms with Crippen molar-refractivity contribution in [1.29, 1.82) is 0 Å². The van der Waals surface area contributed by atoms with Gasteiger partial charge in [-0.15, -0.1) is 0 Å². The number of rotatable bonds is 2. The van der Waals surface area contributed by atoms with Gasteiger partial charge in [0.05, 0.1) is 6.61 Å². The fraction of sp³-hybridized carbons (Fsp3) is 0.400. The molecule has 0 radical (unpaired) electrons. The van der Waals surface area contributed by atoms with Crippen molar-refractivity contribution in [3.05, 3.63) is 23.9 Å². The summed E-state index contributed by atoms with van der Waals surface area (Å²) in [4.78, 5) is 17.2. The average Bonchev–Trinajstić information content (AvgIpc) is 2.58. The summed E-state index contributed by atoms with van der Waals surface area (Å²) in [6.45, 7) is 0.449. The number of carbonyl (C=O) groups excluding carboxylic acids is 1. The molecule has 1 aliphatic heterocycles. The van der Waals surface area contributed by atoms with Gasteiger partial charge in [-0.2, -0.15) is 0 Å². The van der Waals surface area contributed by atoms with Crippen molar-refractivity contribution in [1.82, 2.24) is 4.98 Å². The second-order valence-electron chi connectivity index (χ2n) is 3.65. The van der Waals surface area contributed by atoms with Crippen molar-refractivity contribution in [3.8, 4) is 0 Å². The summed E-state index contributed by atoms with van der Waals surface area (Å²) in [6, 6.07) is 3.30. The van der Waals surface area contributed by atoms with E-state index in [0.29, 0.717) is 18.8 Å². The summed E-state index contributed by atoms with van der Waals surface area (Å²) in [5.41, 5.74) is 6.43. The van der Waals surface area contributed by atoms with Crippen LogP contribution in [0.2, 0.25) is 0 Å². The minimum Gasteiger partial charge on any atom is -0.392 e. The van der Waals surface area contributed by atoms with Gasteiger partial charge in [0.1, 0.15) is 5.82 Å². The molecule has 0 spiro atoms. The molecule has 3 N–H and O–H groups in total. The molecular formula is C10H13N3O2. The maximum absolute atomic E-state index is 11.5. The van der Waals surface area contributed by atoms with Gasteiger partial charge in [-0.25, -0.2) is 4.98 Å². The Morgan fingerprint density at radius 3 is 3.07 bits per heavy atom. The lowest BCUT2D eigenvalue weighted by atomic mass is 10.3. The molecule has 1 atom stereocenters. The number of nitrogens with zero attached hydrogens (tertiary/aromatic N) is 2. The number of carbonyl (C=O) groups is 1. The third-order valence-corrected chi connectivity index (χ3v) is 2.42. The van der Waals surface area contributed by atoms with Crippen LogP contribution in [-0.2, 0) is 11.4 Å². The van der Waals surface area contributed by atoms with Crippen LogP contribution in [0.1, 0.15) is 12.0 Å². The molecule has 5 nitrogen and oxygen atoms in total. The number of aliphatic hydroxyl groups excluding tert-OH is 1. The van der Waals surface area contributed by atoms with Crippen molar-refractivity contribution in [2.75, 3.05) is 11.4 Å². The Morgan fingerprint density at radius 1 is 1.67 bits per heavy atom. The molecule has 1 saturated heterocycles. The molecule has 1 aromatic heterocycles. The normalized spacial score (nSPS) is 21.1. The van der Waals surface area contributed by atoms with Gasteiger partial charge in [-0.1, -0.05) is 0 Å². The summed E-state index contributed by atoms with van der Waals surface area (Å²) < 4.78 is 0. The van der Waals surface area contributed by atoms with Gasteiger partial charge in [-0.3, -0.25) is 9.69 Å². The molecule has 0 saturated carbocycles. The topological polar surface area (TPSA) is 79.5 Å². The number of pyridine rings is 1. The molecule has 1 unspecified atom stereocenters. The minimum atomic E-state index is -0.114. The SMILES string of the molecule is NC1CC(=O)N(c2cc(CO)ccn2)C1. The van der Waals surface area contributed by atoms with Crippen LogP contribution in [0.3, 0.4) is 0 Å². The molecule has 0 aromatic carbocycles. The number of aliphatic hydroxyl groups is 1. The highest BCUT2D eigenvalue weighted by atomic mass is 16.3. The van der Waals surface area contributed by atoms with Crippen molar-refractivity contribution in [2.24, 2.45) is 5.73 Å². The minimum absolute atomic E-state index is 0.00918. The van der Waals surface area contributed by atoms with E-state index in [0.717, 1.165) is 5.56 Å². The first-order chi connectivity index (χ1) is 7.20. The number of aromatic nitrogens is 1. The van der Waals surface area contributed by atoms with E-state index in [4.69, 9.17) is 10.8 Å². The quantitative estimate of drug-likeness (QED) is 0.694. The monoisotopic (exact) mass is 207 g/mol. The van der Waals surface area contributed by atoms with Crippen molar-refractivity contribution < 1.29 is 9.90 Å². The summed E-state index contributed by atoms with van der Waals surface area (Å²) in [5.74, 6) is 0.560. The predicted molar refractivity (Wildman–Crippen MR) is 55.1 cm³/mol. The standard InChI is InChI=1S/C10H13N3O2/c11-8-4-10(15)13(5-8)9-3-7(6-14)1-2-12-9/h1-3,8,14H,4-6,11H2. The van der Waals surface area contributed by atoms with Crippen molar-refractivity contribution in [2.45, 2.75) is 19.1 Å². The number of hydrogen-bond acceptors (Lipinski definition) is 4. The molecule has 0 bridgehead atoms. The molecule has 1 aliphatic rings. The van der Waals surface area contributed by atoms with Gasteiger partial charge in [0.2, 0.25) is 5.91 Å². The molecule has 2 heterocycles. The molecule has 1 fully saturated rings. The van der Waals surface area contributed by atoms with Crippen LogP contribution in [0.5, 0.6) is 0 Å². The molecule has 15 heavy (non-hydrogen) atoms. The van der Waals surface area contributed by atoms with E-state index >= 15 is 0 Å². The fourth-order valence-electron chi connectivity index (χ4n) is 1.66. The Labute approximate surface area is 87.5 Å². The van der Waals surface area contributed by atoms with Gasteiger partial charge in [-0.05, 0) is 17.7 Å². The zero-order valence-electron chi connectivity index (χ0n) is 8.26. The van der Waals surface area contributed by atoms with Crippen molar-refractivity contribution in [3.63, 3.8) is 0 Å². The Morgan fingerprint density at radius 2 is 2.47 bits per heavy atom. The lowest BCUT2D eigenvalue weighted by molar-refractivity contribution is -0.117. The Bertz CT molecular complexity index is 381. The maximum atomic E-state index is 11.5. The van der Waals surface area contributed by atoms with Crippen LogP contribution in [0.25, 0.3) is 0 Å². The Kier molecular flexibility index (Phi) is 2.66.